The molecule has 1 aromatic carbocycles. The normalized spacial score (nSPS) is 12.4. The Bertz CT molecular complexity index is 557. The summed E-state index contributed by atoms with van der Waals surface area (Å²) in [5, 5.41) is 11.8. The van der Waals surface area contributed by atoms with Crippen LogP contribution in [0, 0.1) is 0 Å². The summed E-state index contributed by atoms with van der Waals surface area (Å²) >= 11 is 3.50. The molecule has 6 heteroatoms. The number of aromatic nitrogens is 3. The fraction of sp³-hybridized carbons (Fsp3) is 0.467. The van der Waals surface area contributed by atoms with Gasteiger partial charge in [-0.05, 0) is 46.6 Å². The van der Waals surface area contributed by atoms with Crippen molar-refractivity contribution in [3.8, 4) is 0 Å². The molecule has 1 unspecified atom stereocenters. The molecule has 0 saturated heterocycles. The van der Waals surface area contributed by atoms with Gasteiger partial charge in [0.2, 0.25) is 0 Å². The SMILES string of the molecule is CCCNC(c1ccc(N(C)C)cc1)c1c(Br)nnn1C. The van der Waals surface area contributed by atoms with E-state index in [1.807, 2.05) is 25.8 Å². The van der Waals surface area contributed by atoms with Crippen LogP contribution in [-0.2, 0) is 7.05 Å². The molecule has 114 valence electrons. The average Bonchev–Trinajstić information content (AvgIpc) is 2.80. The maximum atomic E-state index is 4.10. The van der Waals surface area contributed by atoms with E-state index in [0.717, 1.165) is 23.3 Å². The molecule has 0 saturated carbocycles. The van der Waals surface area contributed by atoms with Crippen LogP contribution in [0.2, 0.25) is 0 Å². The Morgan fingerprint density at radius 1 is 1.29 bits per heavy atom. The number of hydrogen-bond acceptors (Lipinski definition) is 4. The summed E-state index contributed by atoms with van der Waals surface area (Å²) in [6, 6.07) is 8.65. The minimum atomic E-state index is 0.0792. The van der Waals surface area contributed by atoms with Gasteiger partial charge in [-0.15, -0.1) is 5.10 Å². The summed E-state index contributed by atoms with van der Waals surface area (Å²) in [7, 11) is 6.01. The minimum Gasteiger partial charge on any atom is -0.378 e. The zero-order valence-corrected chi connectivity index (χ0v) is 14.6. The van der Waals surface area contributed by atoms with E-state index >= 15 is 0 Å². The smallest absolute Gasteiger partial charge is 0.153 e. The predicted octanol–water partition coefficient (Wildman–Crippen LogP) is 2.73. The zero-order chi connectivity index (χ0) is 15.4. The molecular weight excluding hydrogens is 330 g/mol. The van der Waals surface area contributed by atoms with Gasteiger partial charge in [0, 0.05) is 26.8 Å². The van der Waals surface area contributed by atoms with E-state index < -0.39 is 0 Å². The second-order valence-corrected chi connectivity index (χ2v) is 6.01. The van der Waals surface area contributed by atoms with Crippen LogP contribution in [-0.4, -0.2) is 35.6 Å². The molecule has 21 heavy (non-hydrogen) atoms. The highest BCUT2D eigenvalue weighted by Crippen LogP contribution is 2.28. The van der Waals surface area contributed by atoms with E-state index in [9.17, 15) is 0 Å². The number of aryl methyl sites for hydroxylation is 1. The van der Waals surface area contributed by atoms with E-state index in [1.54, 1.807) is 0 Å². The first-order valence-corrected chi connectivity index (χ1v) is 7.89. The maximum absolute atomic E-state index is 4.10. The molecule has 0 aliphatic carbocycles. The number of nitrogens with zero attached hydrogens (tertiary/aromatic N) is 4. The highest BCUT2D eigenvalue weighted by Gasteiger charge is 2.21. The molecule has 0 aliphatic rings. The van der Waals surface area contributed by atoms with Crippen LogP contribution in [0.4, 0.5) is 5.69 Å². The minimum absolute atomic E-state index is 0.0792. The van der Waals surface area contributed by atoms with Gasteiger partial charge in [0.05, 0.1) is 11.7 Å². The average molecular weight is 352 g/mol. The maximum Gasteiger partial charge on any atom is 0.153 e. The van der Waals surface area contributed by atoms with Crippen LogP contribution in [0.25, 0.3) is 0 Å². The van der Waals surface area contributed by atoms with Crippen molar-refractivity contribution in [2.24, 2.45) is 7.05 Å². The summed E-state index contributed by atoms with van der Waals surface area (Å²) in [6.07, 6.45) is 1.08. The molecule has 0 amide bonds. The van der Waals surface area contributed by atoms with Crippen molar-refractivity contribution >= 4 is 21.6 Å². The summed E-state index contributed by atoms with van der Waals surface area (Å²) in [4.78, 5) is 2.10. The van der Waals surface area contributed by atoms with Gasteiger partial charge in [-0.3, -0.25) is 0 Å². The van der Waals surface area contributed by atoms with Crippen LogP contribution in [0.5, 0.6) is 0 Å². The van der Waals surface area contributed by atoms with Gasteiger partial charge in [-0.1, -0.05) is 24.3 Å². The number of rotatable bonds is 6. The van der Waals surface area contributed by atoms with Crippen LogP contribution in [0.3, 0.4) is 0 Å². The first kappa shape index (κ1) is 16.0. The zero-order valence-electron chi connectivity index (χ0n) is 13.0. The van der Waals surface area contributed by atoms with Crippen LogP contribution < -0.4 is 10.2 Å². The lowest BCUT2D eigenvalue weighted by molar-refractivity contribution is 0.549. The Hall–Kier alpha value is -1.40. The number of anilines is 1. The quantitative estimate of drug-likeness (QED) is 0.868. The summed E-state index contributed by atoms with van der Waals surface area (Å²) in [5.74, 6) is 0. The molecule has 5 nitrogen and oxygen atoms in total. The Balaban J connectivity index is 2.36. The molecule has 0 aliphatic heterocycles. The molecule has 0 fully saturated rings. The molecule has 1 aromatic heterocycles. The fourth-order valence-corrected chi connectivity index (χ4v) is 2.83. The van der Waals surface area contributed by atoms with Gasteiger partial charge < -0.3 is 10.2 Å². The summed E-state index contributed by atoms with van der Waals surface area (Å²) in [6.45, 7) is 3.10. The van der Waals surface area contributed by atoms with E-state index in [4.69, 9.17) is 0 Å². The van der Waals surface area contributed by atoms with E-state index in [0.29, 0.717) is 0 Å². The summed E-state index contributed by atoms with van der Waals surface area (Å²) < 4.78 is 2.60. The van der Waals surface area contributed by atoms with Gasteiger partial charge in [-0.25, -0.2) is 4.68 Å². The van der Waals surface area contributed by atoms with Crippen molar-refractivity contribution < 1.29 is 0 Å². The highest BCUT2D eigenvalue weighted by molar-refractivity contribution is 9.10. The van der Waals surface area contributed by atoms with Crippen molar-refractivity contribution in [3.05, 3.63) is 40.1 Å². The molecule has 2 rings (SSSR count). The number of nitrogens with one attached hydrogen (secondary N) is 1. The molecule has 2 aromatic rings. The van der Waals surface area contributed by atoms with Gasteiger partial charge in [0.25, 0.3) is 0 Å². The lowest BCUT2D eigenvalue weighted by Crippen LogP contribution is -2.25. The molecule has 0 spiro atoms. The van der Waals surface area contributed by atoms with E-state index in [-0.39, 0.29) is 6.04 Å². The molecule has 1 N–H and O–H groups in total. The lowest BCUT2D eigenvalue weighted by atomic mass is 10.0. The molecule has 0 bridgehead atoms. The first-order chi connectivity index (χ1) is 10.0. The van der Waals surface area contributed by atoms with E-state index in [1.165, 1.54) is 11.3 Å². The van der Waals surface area contributed by atoms with Crippen molar-refractivity contribution in [3.63, 3.8) is 0 Å². The van der Waals surface area contributed by atoms with Crippen molar-refractivity contribution in [2.75, 3.05) is 25.5 Å². The Morgan fingerprint density at radius 3 is 2.43 bits per heavy atom. The second kappa shape index (κ2) is 7.04. The second-order valence-electron chi connectivity index (χ2n) is 5.26. The number of halogens is 1. The van der Waals surface area contributed by atoms with E-state index in [2.05, 4.69) is 67.6 Å². The van der Waals surface area contributed by atoms with Gasteiger partial charge in [0.15, 0.2) is 4.60 Å². The van der Waals surface area contributed by atoms with Crippen molar-refractivity contribution in [2.45, 2.75) is 19.4 Å². The predicted molar refractivity (Wildman–Crippen MR) is 89.6 cm³/mol. The summed E-state index contributed by atoms with van der Waals surface area (Å²) in [5.41, 5.74) is 3.44. The van der Waals surface area contributed by atoms with Crippen LogP contribution >= 0.6 is 15.9 Å². The van der Waals surface area contributed by atoms with Gasteiger partial charge >= 0.3 is 0 Å². The van der Waals surface area contributed by atoms with Crippen molar-refractivity contribution in [1.29, 1.82) is 0 Å². The third kappa shape index (κ3) is 3.63. The van der Waals surface area contributed by atoms with Gasteiger partial charge in [-0.2, -0.15) is 0 Å². The third-order valence-corrected chi connectivity index (χ3v) is 4.01. The Morgan fingerprint density at radius 2 is 1.95 bits per heavy atom. The fourth-order valence-electron chi connectivity index (χ4n) is 2.27. The Kier molecular flexibility index (Phi) is 5.36. The van der Waals surface area contributed by atoms with Crippen LogP contribution in [0.15, 0.2) is 28.9 Å². The standard InChI is InChI=1S/C15H22BrN5/c1-5-10-17-13(14-15(16)18-19-21(14)4)11-6-8-12(9-7-11)20(2)3/h6-9,13,17H,5,10H2,1-4H3. The number of hydrogen-bond donors (Lipinski definition) is 1. The van der Waals surface area contributed by atoms with Gasteiger partial charge in [0.1, 0.15) is 0 Å². The molecule has 1 atom stereocenters. The topological polar surface area (TPSA) is 46.0 Å². The Labute approximate surface area is 134 Å². The molecule has 0 radical (unpaired) electrons. The first-order valence-electron chi connectivity index (χ1n) is 7.10. The highest BCUT2D eigenvalue weighted by atomic mass is 79.9. The van der Waals surface area contributed by atoms with Crippen LogP contribution in [0.1, 0.15) is 30.6 Å². The van der Waals surface area contributed by atoms with Crippen molar-refractivity contribution in [1.82, 2.24) is 20.3 Å². The monoisotopic (exact) mass is 351 g/mol. The lowest BCUT2D eigenvalue weighted by Gasteiger charge is -2.20. The third-order valence-electron chi connectivity index (χ3n) is 3.44. The molecular formula is C15H22BrN5. The molecule has 1 heterocycles. The largest absolute Gasteiger partial charge is 0.378 e. The number of benzene rings is 1.